The maximum absolute atomic E-state index is 12.5. The predicted octanol–water partition coefficient (Wildman–Crippen LogP) is 12.3. The van der Waals surface area contributed by atoms with Crippen LogP contribution >= 0.6 is 0 Å². The Bertz CT molecular complexity index is 992. The molecule has 9 nitrogen and oxygen atoms in total. The molecule has 0 saturated carbocycles. The topological polar surface area (TPSA) is 118 Å². The lowest BCUT2D eigenvalue weighted by Crippen LogP contribution is -2.37. The van der Waals surface area contributed by atoms with Gasteiger partial charge in [-0.25, -0.2) is 4.79 Å². The lowest BCUT2D eigenvalue weighted by Gasteiger charge is -2.22. The van der Waals surface area contributed by atoms with Gasteiger partial charge in [0.1, 0.15) is 12.7 Å². The molecule has 0 aliphatic carbocycles. The fraction of sp³-hybridized carbons (Fsp3) is 0.880. The third kappa shape index (κ3) is 35.4. The summed E-state index contributed by atoms with van der Waals surface area (Å²) in [7, 11) is 0. The van der Waals surface area contributed by atoms with Crippen LogP contribution in [0.25, 0.3) is 0 Å². The third-order valence-corrected chi connectivity index (χ3v) is 11.5. The maximum atomic E-state index is 12.5. The first kappa shape index (κ1) is 55.1. The summed E-state index contributed by atoms with van der Waals surface area (Å²) in [6.07, 6.45) is 45.6. The van der Waals surface area contributed by atoms with Crippen molar-refractivity contribution in [1.82, 2.24) is 10.2 Å². The van der Waals surface area contributed by atoms with Gasteiger partial charge in [-0.15, -0.1) is 0 Å². The second kappa shape index (κ2) is 42.7. The summed E-state index contributed by atoms with van der Waals surface area (Å²) < 4.78 is 17.7. The monoisotopic (exact) mass is 835 g/mol. The fourth-order valence-electron chi connectivity index (χ4n) is 7.74. The van der Waals surface area contributed by atoms with E-state index >= 15 is 0 Å². The molecule has 0 bridgehead atoms. The minimum atomic E-state index is -0.558. The molecule has 1 rings (SSSR count). The number of nitrogens with zero attached hydrogens (tertiary/aromatic N) is 1. The summed E-state index contributed by atoms with van der Waals surface area (Å²) in [6.45, 7) is 7.10. The van der Waals surface area contributed by atoms with Gasteiger partial charge in [0.25, 0.3) is 0 Å². The lowest BCUT2D eigenvalue weighted by atomic mass is 10.1. The van der Waals surface area contributed by atoms with Crippen LogP contribution in [0.3, 0.4) is 0 Å². The van der Waals surface area contributed by atoms with E-state index in [1.54, 1.807) is 4.90 Å². The highest BCUT2D eigenvalue weighted by atomic mass is 16.6. The van der Waals surface area contributed by atoms with E-state index in [1.807, 2.05) is 0 Å². The zero-order valence-corrected chi connectivity index (χ0v) is 38.5. The van der Waals surface area contributed by atoms with Gasteiger partial charge < -0.3 is 34.6 Å². The molecule has 1 fully saturated rings. The van der Waals surface area contributed by atoms with Gasteiger partial charge in [-0.2, -0.15) is 0 Å². The average Bonchev–Trinajstić information content (AvgIpc) is 3.63. The normalized spacial score (nSPS) is 16.2. The summed E-state index contributed by atoms with van der Waals surface area (Å²) in [5.41, 5.74) is 0. The van der Waals surface area contributed by atoms with E-state index in [9.17, 15) is 19.8 Å². The first-order valence-electron chi connectivity index (χ1n) is 25.0. The van der Waals surface area contributed by atoms with Crippen molar-refractivity contribution < 1.29 is 34.0 Å². The number of β-amino-alcohol motifs (C(OH)–C–C–N with tert-alkyl or cyclic N) is 1. The third-order valence-electron chi connectivity index (χ3n) is 11.5. The molecule has 1 unspecified atom stereocenters. The van der Waals surface area contributed by atoms with Crippen LogP contribution in [0.15, 0.2) is 24.3 Å². The Morgan fingerprint density at radius 3 is 1.63 bits per heavy atom. The van der Waals surface area contributed by atoms with Gasteiger partial charge in [0.2, 0.25) is 5.91 Å². The van der Waals surface area contributed by atoms with Crippen molar-refractivity contribution in [3.05, 3.63) is 24.3 Å². The van der Waals surface area contributed by atoms with E-state index in [4.69, 9.17) is 14.2 Å². The molecular weight excluding hydrogens is 741 g/mol. The predicted molar refractivity (Wildman–Crippen MR) is 246 cm³/mol. The number of hydrogen-bond donors (Lipinski definition) is 3. The Labute approximate surface area is 363 Å². The van der Waals surface area contributed by atoms with Gasteiger partial charge >= 0.3 is 6.09 Å². The summed E-state index contributed by atoms with van der Waals surface area (Å²) in [5.74, 6) is -0.0318. The average molecular weight is 835 g/mol. The van der Waals surface area contributed by atoms with Crippen molar-refractivity contribution in [3.63, 3.8) is 0 Å². The van der Waals surface area contributed by atoms with E-state index in [1.165, 1.54) is 154 Å². The van der Waals surface area contributed by atoms with Crippen molar-refractivity contribution in [2.75, 3.05) is 46.1 Å². The minimum absolute atomic E-state index is 0.0318. The first-order valence-corrected chi connectivity index (χ1v) is 25.0. The van der Waals surface area contributed by atoms with Crippen LogP contribution in [0, 0.1) is 0 Å². The van der Waals surface area contributed by atoms with E-state index in [0.29, 0.717) is 52.2 Å². The number of carbonyl (C=O) groups excluding carboxylic acids is 2. The van der Waals surface area contributed by atoms with Crippen molar-refractivity contribution in [3.8, 4) is 0 Å². The molecule has 3 N–H and O–H groups in total. The zero-order valence-electron chi connectivity index (χ0n) is 38.5. The molecule has 9 heteroatoms. The SMILES string of the molecule is CCCCCCCC/C=C\CCCCCCCCOCC(COC(=O)NCCCCCC(=O)N1C[C@H](O)C[C@H]1CO)OCCCCCCC/C=C\CCCCCCCC. The number of aliphatic hydroxyl groups excluding tert-OH is 2. The highest BCUT2D eigenvalue weighted by molar-refractivity contribution is 5.77. The van der Waals surface area contributed by atoms with Crippen LogP contribution in [0.5, 0.6) is 0 Å². The Balaban J connectivity index is 2.22. The second-order valence-electron chi connectivity index (χ2n) is 17.2. The van der Waals surface area contributed by atoms with Crippen LogP contribution in [0.2, 0.25) is 0 Å². The minimum Gasteiger partial charge on any atom is -0.447 e. The molecule has 0 aromatic heterocycles. The number of unbranched alkanes of at least 4 members (excludes halogenated alkanes) is 25. The van der Waals surface area contributed by atoms with Gasteiger partial charge in [0, 0.05) is 32.7 Å². The van der Waals surface area contributed by atoms with Gasteiger partial charge in [-0.05, 0) is 83.5 Å². The molecular formula is C50H94N2O7. The molecule has 59 heavy (non-hydrogen) atoms. The van der Waals surface area contributed by atoms with Crippen molar-refractivity contribution >= 4 is 12.0 Å². The summed E-state index contributed by atoms with van der Waals surface area (Å²) in [4.78, 5) is 26.6. The summed E-state index contributed by atoms with van der Waals surface area (Å²) in [6, 6.07) is -0.286. The highest BCUT2D eigenvalue weighted by Crippen LogP contribution is 2.19. The molecule has 1 aliphatic rings. The highest BCUT2D eigenvalue weighted by Gasteiger charge is 2.33. The van der Waals surface area contributed by atoms with Gasteiger partial charge in [0.05, 0.1) is 25.4 Å². The maximum Gasteiger partial charge on any atom is 0.407 e. The molecule has 2 amide bonds. The van der Waals surface area contributed by atoms with Crippen molar-refractivity contribution in [2.24, 2.45) is 0 Å². The Kier molecular flexibility index (Phi) is 39.9. The molecule has 3 atom stereocenters. The standard InChI is InChI=1S/C50H94N2O7/c1-3-5-7-9-11-13-15-17-19-21-22-24-26-28-30-35-39-57-44-48(58-40-36-31-29-27-25-23-20-18-16-14-12-10-8-6-4-2)45-59-50(56)51-38-34-32-33-37-49(55)52-42-47(54)41-46(52)43-53/h17-20,46-48,53-54H,3-16,21-45H2,1-2H3,(H,51,56)/b19-17-,20-18-/t46-,47+,48?/m0/s1. The zero-order chi connectivity index (χ0) is 42.7. The number of likely N-dealkylation sites (tertiary alicyclic amines) is 1. The van der Waals surface area contributed by atoms with Gasteiger partial charge in [-0.1, -0.05) is 154 Å². The van der Waals surface area contributed by atoms with Crippen LogP contribution in [-0.4, -0.2) is 91.5 Å². The van der Waals surface area contributed by atoms with E-state index in [0.717, 1.165) is 32.1 Å². The molecule has 1 heterocycles. The number of allylic oxidation sites excluding steroid dienone is 4. The quantitative estimate of drug-likeness (QED) is 0.0413. The lowest BCUT2D eigenvalue weighted by molar-refractivity contribution is -0.133. The number of rotatable bonds is 43. The van der Waals surface area contributed by atoms with Gasteiger partial charge in [-0.3, -0.25) is 4.79 Å². The molecule has 0 radical (unpaired) electrons. The molecule has 1 saturated heterocycles. The Morgan fingerprint density at radius 1 is 0.627 bits per heavy atom. The largest absolute Gasteiger partial charge is 0.447 e. The number of carbonyl (C=O) groups is 2. The van der Waals surface area contributed by atoms with E-state index in [2.05, 4.69) is 43.5 Å². The van der Waals surface area contributed by atoms with Gasteiger partial charge in [0.15, 0.2) is 0 Å². The number of hydrogen-bond acceptors (Lipinski definition) is 7. The second-order valence-corrected chi connectivity index (χ2v) is 17.2. The number of nitrogens with one attached hydrogen (secondary N) is 1. The summed E-state index contributed by atoms with van der Waals surface area (Å²) in [5, 5.41) is 22.1. The van der Waals surface area contributed by atoms with E-state index < -0.39 is 12.2 Å². The molecule has 0 aromatic rings. The Morgan fingerprint density at radius 2 is 1.10 bits per heavy atom. The van der Waals surface area contributed by atoms with Crippen LogP contribution < -0.4 is 5.32 Å². The molecule has 346 valence electrons. The van der Waals surface area contributed by atoms with Crippen LogP contribution in [0.1, 0.15) is 219 Å². The van der Waals surface area contributed by atoms with Crippen molar-refractivity contribution in [1.29, 1.82) is 0 Å². The van der Waals surface area contributed by atoms with Crippen LogP contribution in [0.4, 0.5) is 4.79 Å². The first-order chi connectivity index (χ1) is 29.0. The summed E-state index contributed by atoms with van der Waals surface area (Å²) >= 11 is 0. The van der Waals surface area contributed by atoms with Crippen LogP contribution in [-0.2, 0) is 19.0 Å². The van der Waals surface area contributed by atoms with Crippen molar-refractivity contribution in [2.45, 2.75) is 238 Å². The Hall–Kier alpha value is -1.94. The number of ether oxygens (including phenoxy) is 3. The fourth-order valence-corrected chi connectivity index (χ4v) is 7.74. The number of alkyl carbamates (subject to hydrolysis) is 1. The number of amides is 2. The smallest absolute Gasteiger partial charge is 0.407 e. The molecule has 1 aliphatic heterocycles. The number of aliphatic hydroxyl groups is 2. The molecule has 0 spiro atoms. The van der Waals surface area contributed by atoms with E-state index in [-0.39, 0.29) is 31.3 Å². The molecule has 0 aromatic carbocycles.